The van der Waals surface area contributed by atoms with E-state index in [0.717, 1.165) is 73.7 Å². The fourth-order valence-corrected chi connectivity index (χ4v) is 8.15. The molecule has 0 atom stereocenters. The first-order valence-electron chi connectivity index (χ1n) is 14.6. The highest BCUT2D eigenvalue weighted by Gasteiger charge is 2.37. The van der Waals surface area contributed by atoms with Gasteiger partial charge in [-0.2, -0.15) is 13.2 Å². The molecule has 12 heteroatoms. The molecule has 0 spiro atoms. The van der Waals surface area contributed by atoms with Crippen LogP contribution >= 0.6 is 23.1 Å². The molecule has 2 aliphatic carbocycles. The highest BCUT2D eigenvalue weighted by Crippen LogP contribution is 2.46. The smallest absolute Gasteiger partial charge is 0.369 e. The number of amides is 1. The van der Waals surface area contributed by atoms with Gasteiger partial charge in [-0.1, -0.05) is 0 Å². The molecule has 4 heterocycles. The Morgan fingerprint density at radius 2 is 1.83 bits per heavy atom. The fourth-order valence-electron chi connectivity index (χ4n) is 5.72. The maximum absolute atomic E-state index is 14.1. The van der Waals surface area contributed by atoms with E-state index in [9.17, 15) is 18.0 Å². The van der Waals surface area contributed by atoms with Gasteiger partial charge in [0.05, 0.1) is 10.6 Å². The molecule has 1 N–H and O–H groups in total. The molecule has 1 saturated heterocycles. The number of benzene rings is 1. The Hall–Kier alpha value is -2.83. The van der Waals surface area contributed by atoms with E-state index in [-0.39, 0.29) is 17.5 Å². The lowest BCUT2D eigenvalue weighted by Crippen LogP contribution is -2.47. The van der Waals surface area contributed by atoms with Crippen LogP contribution in [0.4, 0.5) is 30.5 Å². The number of anilines is 3. The molecule has 4 aliphatic rings. The van der Waals surface area contributed by atoms with Gasteiger partial charge in [0.2, 0.25) is 5.95 Å². The van der Waals surface area contributed by atoms with E-state index in [1.807, 2.05) is 6.07 Å². The van der Waals surface area contributed by atoms with Crippen LogP contribution in [0.15, 0.2) is 35.4 Å². The van der Waals surface area contributed by atoms with Gasteiger partial charge in [0, 0.05) is 74.5 Å². The fraction of sp³-hybridized carbons (Fsp3) is 0.500. The lowest BCUT2D eigenvalue weighted by molar-refractivity contribution is -0.137. The summed E-state index contributed by atoms with van der Waals surface area (Å²) in [6, 6.07) is 8.00. The summed E-state index contributed by atoms with van der Waals surface area (Å²) in [4.78, 5) is 29.4. The number of nitrogens with one attached hydrogen (secondary N) is 1. The molecular formula is C30H33F3N6OS2. The Bertz CT molecular complexity index is 1490. The number of halogens is 3. The first kappa shape index (κ1) is 28.0. The average Bonchev–Trinajstić information content (AvgIpc) is 3.91. The lowest BCUT2D eigenvalue weighted by atomic mass is 10.1. The Balaban J connectivity index is 1.16. The molecule has 222 valence electrons. The minimum Gasteiger partial charge on any atom is -0.369 e. The van der Waals surface area contributed by atoms with Gasteiger partial charge in [-0.05, 0) is 67.3 Å². The molecule has 2 aliphatic heterocycles. The maximum Gasteiger partial charge on any atom is 0.420 e. The number of carbonyl (C=O) groups excluding carboxylic acids is 1. The predicted molar refractivity (Wildman–Crippen MR) is 161 cm³/mol. The molecule has 0 unspecified atom stereocenters. The van der Waals surface area contributed by atoms with Crippen molar-refractivity contribution in [3.8, 4) is 10.6 Å². The van der Waals surface area contributed by atoms with Crippen LogP contribution in [0, 0.1) is 5.92 Å². The topological polar surface area (TPSA) is 64.6 Å². The molecule has 2 saturated carbocycles. The molecule has 7 rings (SSSR count). The number of aromatic nitrogens is 2. The number of carbonyl (C=O) groups is 1. The molecule has 3 fully saturated rings. The highest BCUT2D eigenvalue weighted by molar-refractivity contribution is 7.99. The Kier molecular flexibility index (Phi) is 7.34. The van der Waals surface area contributed by atoms with Crippen molar-refractivity contribution >= 4 is 46.3 Å². The van der Waals surface area contributed by atoms with E-state index < -0.39 is 11.7 Å². The maximum atomic E-state index is 14.1. The van der Waals surface area contributed by atoms with Gasteiger partial charge >= 0.3 is 6.18 Å². The van der Waals surface area contributed by atoms with E-state index in [1.54, 1.807) is 18.0 Å². The average molecular weight is 615 g/mol. The summed E-state index contributed by atoms with van der Waals surface area (Å²) in [7, 11) is 1.71. The van der Waals surface area contributed by atoms with Crippen LogP contribution in [0.2, 0.25) is 0 Å². The van der Waals surface area contributed by atoms with E-state index >= 15 is 0 Å². The summed E-state index contributed by atoms with van der Waals surface area (Å²) >= 11 is 2.55. The third kappa shape index (κ3) is 5.85. The zero-order valence-electron chi connectivity index (χ0n) is 23.4. The minimum absolute atomic E-state index is 0.112. The van der Waals surface area contributed by atoms with Crippen LogP contribution in [0.5, 0.6) is 0 Å². The third-order valence-electron chi connectivity index (χ3n) is 8.50. The summed E-state index contributed by atoms with van der Waals surface area (Å²) in [5, 5.41) is 3.24. The number of thioether (sulfide) groups is 1. The van der Waals surface area contributed by atoms with Crippen molar-refractivity contribution < 1.29 is 18.0 Å². The third-order valence-corrected chi connectivity index (χ3v) is 10.8. The summed E-state index contributed by atoms with van der Waals surface area (Å²) in [5.41, 5.74) is 2.06. The van der Waals surface area contributed by atoms with Crippen LogP contribution in [-0.4, -0.2) is 77.7 Å². The normalized spacial score (nSPS) is 20.0. The largest absolute Gasteiger partial charge is 0.420 e. The second-order valence-electron chi connectivity index (χ2n) is 11.7. The van der Waals surface area contributed by atoms with Gasteiger partial charge in [-0.3, -0.25) is 9.69 Å². The number of hydrogen-bond donors (Lipinski definition) is 1. The van der Waals surface area contributed by atoms with Crippen molar-refractivity contribution in [1.82, 2.24) is 19.8 Å². The zero-order valence-corrected chi connectivity index (χ0v) is 25.0. The summed E-state index contributed by atoms with van der Waals surface area (Å²) < 4.78 is 42.3. The van der Waals surface area contributed by atoms with Crippen LogP contribution in [0.3, 0.4) is 0 Å². The monoisotopic (exact) mass is 614 g/mol. The van der Waals surface area contributed by atoms with Gasteiger partial charge in [0.25, 0.3) is 5.91 Å². The van der Waals surface area contributed by atoms with Crippen molar-refractivity contribution in [3.05, 3.63) is 46.5 Å². The predicted octanol–water partition coefficient (Wildman–Crippen LogP) is 6.55. The number of fused-ring (bicyclic) bond motifs is 1. The van der Waals surface area contributed by atoms with Gasteiger partial charge in [-0.15, -0.1) is 23.1 Å². The van der Waals surface area contributed by atoms with Crippen LogP contribution in [-0.2, 0) is 6.18 Å². The number of rotatable bonds is 7. The van der Waals surface area contributed by atoms with Crippen molar-refractivity contribution in [3.63, 3.8) is 0 Å². The van der Waals surface area contributed by atoms with Gasteiger partial charge in [-0.25, -0.2) is 9.97 Å². The van der Waals surface area contributed by atoms with Crippen molar-refractivity contribution in [2.75, 3.05) is 62.3 Å². The minimum atomic E-state index is -4.63. The second kappa shape index (κ2) is 11.0. The molecule has 7 nitrogen and oxygen atoms in total. The van der Waals surface area contributed by atoms with Crippen molar-refractivity contribution in [2.45, 2.75) is 42.7 Å². The lowest BCUT2D eigenvalue weighted by Gasteiger charge is -2.36. The molecule has 0 bridgehead atoms. The summed E-state index contributed by atoms with van der Waals surface area (Å²) in [5.74, 6) is 1.94. The molecule has 3 aromatic rings. The number of hydrogen-bond acceptors (Lipinski definition) is 8. The zero-order chi connectivity index (χ0) is 29.0. The quantitative estimate of drug-likeness (QED) is 0.324. The van der Waals surface area contributed by atoms with Crippen LogP contribution in [0.25, 0.3) is 10.6 Å². The Labute approximate surface area is 251 Å². The second-order valence-corrected chi connectivity index (χ2v) is 13.9. The van der Waals surface area contributed by atoms with Crippen molar-refractivity contribution in [2.24, 2.45) is 5.92 Å². The van der Waals surface area contributed by atoms with Crippen LogP contribution in [0.1, 0.15) is 52.4 Å². The number of piperazine rings is 1. The van der Waals surface area contributed by atoms with Gasteiger partial charge in [0.1, 0.15) is 10.4 Å². The van der Waals surface area contributed by atoms with Gasteiger partial charge < -0.3 is 15.1 Å². The van der Waals surface area contributed by atoms with E-state index in [2.05, 4.69) is 37.2 Å². The van der Waals surface area contributed by atoms with Gasteiger partial charge in [0.15, 0.2) is 0 Å². The molecule has 1 aromatic carbocycles. The van der Waals surface area contributed by atoms with Crippen LogP contribution < -0.4 is 10.2 Å². The van der Waals surface area contributed by atoms with E-state index in [4.69, 9.17) is 0 Å². The Morgan fingerprint density at radius 3 is 2.55 bits per heavy atom. The molecule has 2 aromatic heterocycles. The first-order chi connectivity index (χ1) is 20.2. The highest BCUT2D eigenvalue weighted by atomic mass is 32.2. The van der Waals surface area contributed by atoms with E-state index in [1.165, 1.54) is 36.8 Å². The molecule has 1 amide bonds. The standard InChI is InChI=1S/C30H33F3N6OS2/c1-37-12-13-41-25-15-24(42-27(25)28(37)40)26-22(30(31,32)33)16-34-29(36-26)35-23-7-6-20(14-21(23)19-4-5-19)39-10-8-38(9-11-39)17-18-2-3-18/h6-7,14-16,18-19H,2-5,8-13,17H2,1H3,(H,34,35,36). The van der Waals surface area contributed by atoms with Crippen molar-refractivity contribution in [1.29, 1.82) is 0 Å². The Morgan fingerprint density at radius 1 is 1.05 bits per heavy atom. The molecular weight excluding hydrogens is 581 g/mol. The number of nitrogens with zero attached hydrogens (tertiary/aromatic N) is 5. The number of alkyl halides is 3. The SMILES string of the molecule is CN1CCSc2cc(-c3nc(Nc4ccc(N5CCN(CC6CC6)CC5)cc4C4CC4)ncc3C(F)(F)F)sc2C1=O. The first-order valence-corrected chi connectivity index (χ1v) is 16.4. The molecule has 42 heavy (non-hydrogen) atoms. The molecule has 0 radical (unpaired) electrons. The summed E-state index contributed by atoms with van der Waals surface area (Å²) in [6.45, 7) is 5.95. The van der Waals surface area contributed by atoms with E-state index in [0.29, 0.717) is 32.9 Å². The number of thiophene rings is 1. The summed E-state index contributed by atoms with van der Waals surface area (Å²) in [6.07, 6.45) is 1.14.